The van der Waals surface area contributed by atoms with Crippen LogP contribution in [-0.2, 0) is 9.59 Å². The fraction of sp³-hybridized carbons (Fsp3) is 0.0769. The fourth-order valence-corrected chi connectivity index (χ4v) is 4.96. The molecule has 0 radical (unpaired) electrons. The van der Waals surface area contributed by atoms with Gasteiger partial charge in [-0.3, -0.25) is 19.4 Å². The highest BCUT2D eigenvalue weighted by molar-refractivity contribution is 7.99. The molecule has 4 aromatic rings. The van der Waals surface area contributed by atoms with Gasteiger partial charge in [-0.05, 0) is 42.5 Å². The lowest BCUT2D eigenvalue weighted by molar-refractivity contribution is -0.123. The Kier molecular flexibility index (Phi) is 6.75. The molecule has 1 aromatic heterocycles. The summed E-state index contributed by atoms with van der Waals surface area (Å²) >= 11 is 7.52. The molecule has 3 aromatic carbocycles. The Bertz CT molecular complexity index is 1510. The first-order valence-corrected chi connectivity index (χ1v) is 12.2. The number of para-hydroxylation sites is 1. The Morgan fingerprint density at radius 3 is 2.58 bits per heavy atom. The standard InChI is InChI=1S/C26H20ClN5O3S/c27-15-7-6-8-16(13-15)28-26-31-23-22(25(35)32-26)18(14-21(33)30-23)24(34)29-19-11-4-5-12-20(19)36-17-9-2-1-3-10-17/h1-13,18H,14H2,(H,29,34)(H3,28,30,31,32,33,35)/t18-/m0/s1. The van der Waals surface area contributed by atoms with Crippen LogP contribution in [0.5, 0.6) is 0 Å². The minimum absolute atomic E-state index is 0.0478. The lowest BCUT2D eigenvalue weighted by Gasteiger charge is -2.24. The average molecular weight is 518 g/mol. The van der Waals surface area contributed by atoms with Crippen molar-refractivity contribution in [3.63, 3.8) is 0 Å². The van der Waals surface area contributed by atoms with Crippen molar-refractivity contribution in [1.29, 1.82) is 0 Å². The summed E-state index contributed by atoms with van der Waals surface area (Å²) in [5.74, 6) is -1.70. The Labute approximate surface area is 215 Å². The molecule has 0 saturated heterocycles. The number of amides is 2. The first kappa shape index (κ1) is 23.7. The van der Waals surface area contributed by atoms with Gasteiger partial charge >= 0.3 is 0 Å². The number of fused-ring (bicyclic) bond motifs is 1. The summed E-state index contributed by atoms with van der Waals surface area (Å²) in [6, 6.07) is 24.0. The maximum Gasteiger partial charge on any atom is 0.258 e. The summed E-state index contributed by atoms with van der Waals surface area (Å²) in [5, 5.41) is 8.98. The summed E-state index contributed by atoms with van der Waals surface area (Å²) in [6.07, 6.45) is -0.168. The predicted octanol–water partition coefficient (Wildman–Crippen LogP) is 5.38. The van der Waals surface area contributed by atoms with Crippen molar-refractivity contribution in [1.82, 2.24) is 9.97 Å². The van der Waals surface area contributed by atoms with E-state index in [1.54, 1.807) is 30.3 Å². The highest BCUT2D eigenvalue weighted by Gasteiger charge is 2.35. The first-order chi connectivity index (χ1) is 17.5. The van der Waals surface area contributed by atoms with Crippen molar-refractivity contribution >= 4 is 58.3 Å². The molecule has 1 aliphatic rings. The zero-order chi connectivity index (χ0) is 25.1. The van der Waals surface area contributed by atoms with Gasteiger partial charge in [0.25, 0.3) is 5.56 Å². The largest absolute Gasteiger partial charge is 0.326 e. The summed E-state index contributed by atoms with van der Waals surface area (Å²) in [6.45, 7) is 0. The van der Waals surface area contributed by atoms with Gasteiger partial charge in [-0.2, -0.15) is 4.98 Å². The number of H-pyrrole nitrogens is 1. The molecule has 0 fully saturated rings. The Morgan fingerprint density at radius 2 is 1.78 bits per heavy atom. The van der Waals surface area contributed by atoms with E-state index in [1.807, 2.05) is 48.5 Å². The predicted molar refractivity (Wildman–Crippen MR) is 141 cm³/mol. The van der Waals surface area contributed by atoms with Crippen molar-refractivity contribution in [3.8, 4) is 0 Å². The van der Waals surface area contributed by atoms with Crippen LogP contribution >= 0.6 is 23.4 Å². The van der Waals surface area contributed by atoms with Crippen LogP contribution in [0.25, 0.3) is 0 Å². The number of carbonyl (C=O) groups excluding carboxylic acids is 2. The van der Waals surface area contributed by atoms with Crippen LogP contribution in [0.1, 0.15) is 17.9 Å². The van der Waals surface area contributed by atoms with Crippen LogP contribution in [-0.4, -0.2) is 21.8 Å². The molecule has 1 atom stereocenters. The Hall–Kier alpha value is -4.08. The van der Waals surface area contributed by atoms with Gasteiger partial charge in [0.1, 0.15) is 5.82 Å². The van der Waals surface area contributed by atoms with E-state index in [0.717, 1.165) is 9.79 Å². The van der Waals surface area contributed by atoms with E-state index in [2.05, 4.69) is 25.9 Å². The van der Waals surface area contributed by atoms with Gasteiger partial charge in [-0.25, -0.2) is 0 Å². The zero-order valence-electron chi connectivity index (χ0n) is 18.7. The van der Waals surface area contributed by atoms with Crippen LogP contribution in [0.3, 0.4) is 0 Å². The van der Waals surface area contributed by atoms with E-state index >= 15 is 0 Å². The molecule has 180 valence electrons. The zero-order valence-corrected chi connectivity index (χ0v) is 20.3. The monoisotopic (exact) mass is 517 g/mol. The number of nitrogens with one attached hydrogen (secondary N) is 4. The maximum atomic E-state index is 13.3. The Morgan fingerprint density at radius 1 is 1.00 bits per heavy atom. The van der Waals surface area contributed by atoms with E-state index in [-0.39, 0.29) is 23.8 Å². The number of aromatic amines is 1. The van der Waals surface area contributed by atoms with Crippen molar-refractivity contribution in [3.05, 3.63) is 99.8 Å². The summed E-state index contributed by atoms with van der Waals surface area (Å²) in [4.78, 5) is 47.6. The molecule has 10 heteroatoms. The third-order valence-corrected chi connectivity index (χ3v) is 6.79. The topological polar surface area (TPSA) is 116 Å². The normalized spacial score (nSPS) is 14.5. The number of halogens is 1. The molecule has 2 amide bonds. The van der Waals surface area contributed by atoms with E-state index in [0.29, 0.717) is 16.4 Å². The van der Waals surface area contributed by atoms with E-state index in [4.69, 9.17) is 11.6 Å². The van der Waals surface area contributed by atoms with Crippen molar-refractivity contribution < 1.29 is 9.59 Å². The lowest BCUT2D eigenvalue weighted by atomic mass is 9.92. The molecule has 8 nitrogen and oxygen atoms in total. The van der Waals surface area contributed by atoms with Crippen molar-refractivity contribution in [2.75, 3.05) is 16.0 Å². The smallest absolute Gasteiger partial charge is 0.258 e. The molecule has 0 spiro atoms. The SMILES string of the molecule is O=C1C[C@H](C(=O)Nc2ccccc2Sc2ccccc2)c2c(nc(Nc3cccc(Cl)c3)[nH]c2=O)N1. The van der Waals surface area contributed by atoms with Crippen LogP contribution in [0.4, 0.5) is 23.1 Å². The van der Waals surface area contributed by atoms with Gasteiger partial charge in [0.15, 0.2) is 0 Å². The molecule has 0 bridgehead atoms. The van der Waals surface area contributed by atoms with Gasteiger partial charge in [-0.15, -0.1) is 0 Å². The summed E-state index contributed by atoms with van der Waals surface area (Å²) in [7, 11) is 0. The number of rotatable bonds is 6. The number of hydrogen-bond acceptors (Lipinski definition) is 6. The second-order valence-corrected chi connectivity index (χ2v) is 9.57. The molecule has 0 aliphatic carbocycles. The number of nitrogens with zero attached hydrogens (tertiary/aromatic N) is 1. The Balaban J connectivity index is 1.41. The number of carbonyl (C=O) groups is 2. The summed E-state index contributed by atoms with van der Waals surface area (Å²) in [5.41, 5.74) is 0.788. The van der Waals surface area contributed by atoms with Crippen LogP contribution < -0.4 is 21.5 Å². The van der Waals surface area contributed by atoms with Gasteiger partial charge in [0.05, 0.1) is 17.2 Å². The lowest BCUT2D eigenvalue weighted by Crippen LogP contribution is -2.36. The van der Waals surface area contributed by atoms with Crippen LogP contribution in [0.2, 0.25) is 5.02 Å². The minimum Gasteiger partial charge on any atom is -0.326 e. The molecule has 2 heterocycles. The first-order valence-electron chi connectivity index (χ1n) is 11.1. The number of anilines is 4. The van der Waals surface area contributed by atoms with Crippen LogP contribution in [0.15, 0.2) is 93.4 Å². The highest BCUT2D eigenvalue weighted by atomic mass is 35.5. The fourth-order valence-electron chi connectivity index (χ4n) is 3.85. The van der Waals surface area contributed by atoms with Crippen molar-refractivity contribution in [2.24, 2.45) is 0 Å². The number of benzene rings is 3. The molecule has 0 saturated carbocycles. The van der Waals surface area contributed by atoms with Gasteiger partial charge in [-0.1, -0.05) is 59.8 Å². The highest BCUT2D eigenvalue weighted by Crippen LogP contribution is 2.35. The van der Waals surface area contributed by atoms with E-state index < -0.39 is 23.3 Å². The summed E-state index contributed by atoms with van der Waals surface area (Å²) < 4.78 is 0. The third-order valence-electron chi connectivity index (χ3n) is 5.47. The quantitative estimate of drug-likeness (QED) is 0.273. The van der Waals surface area contributed by atoms with Gasteiger partial charge in [0, 0.05) is 26.9 Å². The third kappa shape index (κ3) is 5.27. The molecule has 1 aliphatic heterocycles. The molecular weight excluding hydrogens is 498 g/mol. The second-order valence-electron chi connectivity index (χ2n) is 8.02. The molecule has 0 unspecified atom stereocenters. The molecule has 36 heavy (non-hydrogen) atoms. The van der Waals surface area contributed by atoms with Gasteiger partial charge in [0.2, 0.25) is 17.8 Å². The molecule has 5 rings (SSSR count). The van der Waals surface area contributed by atoms with Gasteiger partial charge < -0.3 is 16.0 Å². The van der Waals surface area contributed by atoms with E-state index in [1.165, 1.54) is 11.8 Å². The maximum absolute atomic E-state index is 13.3. The molecule has 4 N–H and O–H groups in total. The molecular formula is C26H20ClN5O3S. The second kappa shape index (κ2) is 10.3. The average Bonchev–Trinajstić information content (AvgIpc) is 2.85. The van der Waals surface area contributed by atoms with Crippen LogP contribution in [0, 0.1) is 0 Å². The number of hydrogen-bond donors (Lipinski definition) is 4. The minimum atomic E-state index is -1.000. The number of aromatic nitrogens is 2. The van der Waals surface area contributed by atoms with Crippen molar-refractivity contribution in [2.45, 2.75) is 22.1 Å². The van der Waals surface area contributed by atoms with E-state index in [9.17, 15) is 14.4 Å².